The van der Waals surface area contributed by atoms with Crippen LogP contribution in [0.5, 0.6) is 0 Å². The van der Waals surface area contributed by atoms with Gasteiger partial charge in [-0.1, -0.05) is 13.3 Å². The summed E-state index contributed by atoms with van der Waals surface area (Å²) in [5.74, 6) is 0. The molecule has 2 N–H and O–H groups in total. The zero-order valence-electron chi connectivity index (χ0n) is 4.52. The normalized spacial score (nSPS) is 6.00. The Morgan fingerprint density at radius 1 is 1.29 bits per heavy atom. The zero-order valence-corrected chi connectivity index (χ0v) is 4.52. The van der Waals surface area contributed by atoms with Gasteiger partial charge in [-0.2, -0.15) is 0 Å². The lowest BCUT2D eigenvalue weighted by Crippen LogP contribution is -1.95. The second kappa shape index (κ2) is 17.0. The van der Waals surface area contributed by atoms with E-state index in [0.29, 0.717) is 0 Å². The van der Waals surface area contributed by atoms with E-state index in [2.05, 4.69) is 6.92 Å². The van der Waals surface area contributed by atoms with Crippen molar-refractivity contribution in [2.45, 2.75) is 19.8 Å². The van der Waals surface area contributed by atoms with Gasteiger partial charge < -0.3 is 5.73 Å². The Morgan fingerprint density at radius 2 is 1.71 bits per heavy atom. The molecule has 7 heavy (non-hydrogen) atoms. The minimum atomic E-state index is 0. The first-order chi connectivity index (χ1) is 2.41. The quantitative estimate of drug-likeness (QED) is 0.569. The SMILES string of the molecule is CCCCN.F.F. The van der Waals surface area contributed by atoms with Gasteiger partial charge in [-0.05, 0) is 13.0 Å². The van der Waals surface area contributed by atoms with Crippen molar-refractivity contribution in [1.29, 1.82) is 0 Å². The summed E-state index contributed by atoms with van der Waals surface area (Å²) in [5, 5.41) is 0. The molecule has 0 radical (unpaired) electrons. The van der Waals surface area contributed by atoms with Gasteiger partial charge in [-0.3, -0.25) is 9.41 Å². The highest BCUT2D eigenvalue weighted by molar-refractivity contribution is 4.29. The van der Waals surface area contributed by atoms with Crippen LogP contribution >= 0.6 is 0 Å². The van der Waals surface area contributed by atoms with Crippen LogP contribution in [0.3, 0.4) is 0 Å². The molecule has 0 saturated heterocycles. The number of halogens is 2. The molecule has 3 heteroatoms. The first-order valence-corrected chi connectivity index (χ1v) is 2.12. The van der Waals surface area contributed by atoms with E-state index < -0.39 is 0 Å². The number of hydrogen-bond donors (Lipinski definition) is 1. The van der Waals surface area contributed by atoms with Crippen LogP contribution in [0.15, 0.2) is 0 Å². The molecule has 0 fully saturated rings. The molecule has 0 heterocycles. The molecule has 0 aliphatic carbocycles. The molecule has 0 aromatic heterocycles. The lowest BCUT2D eigenvalue weighted by molar-refractivity contribution is 0.807. The first kappa shape index (κ1) is 15.8. The maximum atomic E-state index is 5.14. The smallest absolute Gasteiger partial charge is 0.00774 e. The Hall–Kier alpha value is -0.180. The maximum absolute atomic E-state index is 5.14. The van der Waals surface area contributed by atoms with Crippen molar-refractivity contribution < 1.29 is 9.41 Å². The second-order valence-electron chi connectivity index (χ2n) is 1.14. The Bertz CT molecular complexity index is 17.2. The number of hydrogen-bond acceptors (Lipinski definition) is 1. The largest absolute Gasteiger partial charge is 0.330 e. The van der Waals surface area contributed by atoms with Crippen LogP contribution in [-0.2, 0) is 0 Å². The summed E-state index contributed by atoms with van der Waals surface area (Å²) in [4.78, 5) is 0. The fraction of sp³-hybridized carbons (Fsp3) is 1.00. The molecule has 0 atom stereocenters. The summed E-state index contributed by atoms with van der Waals surface area (Å²) in [7, 11) is 0. The lowest BCUT2D eigenvalue weighted by atomic mass is 10.3. The van der Waals surface area contributed by atoms with E-state index in [1.54, 1.807) is 0 Å². The summed E-state index contributed by atoms with van der Waals surface area (Å²) in [6.45, 7) is 2.98. The highest BCUT2D eigenvalue weighted by Gasteiger charge is 1.67. The standard InChI is InChI=1S/C4H11N.2FH/c1-2-3-4-5;;/h2-5H2,1H3;2*1H. The van der Waals surface area contributed by atoms with Gasteiger partial charge in [-0.25, -0.2) is 0 Å². The molecular weight excluding hydrogens is 100 g/mol. The Morgan fingerprint density at radius 3 is 1.71 bits per heavy atom. The van der Waals surface area contributed by atoms with Gasteiger partial charge in [0.25, 0.3) is 0 Å². The summed E-state index contributed by atoms with van der Waals surface area (Å²) in [6.07, 6.45) is 2.39. The van der Waals surface area contributed by atoms with Gasteiger partial charge >= 0.3 is 0 Å². The third-order valence-corrected chi connectivity index (χ3v) is 0.558. The molecule has 0 aliphatic rings. The molecular formula is C4H13F2N. The van der Waals surface area contributed by atoms with Crippen molar-refractivity contribution >= 4 is 0 Å². The van der Waals surface area contributed by atoms with E-state index in [1.165, 1.54) is 12.8 Å². The van der Waals surface area contributed by atoms with E-state index in [-0.39, 0.29) is 9.41 Å². The first-order valence-electron chi connectivity index (χ1n) is 2.12. The molecule has 0 amide bonds. The minimum Gasteiger partial charge on any atom is -0.330 e. The minimum absolute atomic E-state index is 0. The third kappa shape index (κ3) is 25.6. The van der Waals surface area contributed by atoms with Crippen molar-refractivity contribution in [3.05, 3.63) is 0 Å². The maximum Gasteiger partial charge on any atom is -0.00774 e. The summed E-state index contributed by atoms with van der Waals surface area (Å²) >= 11 is 0. The van der Waals surface area contributed by atoms with Crippen molar-refractivity contribution in [3.63, 3.8) is 0 Å². The van der Waals surface area contributed by atoms with E-state index in [0.717, 1.165) is 6.54 Å². The fourth-order valence-electron chi connectivity index (χ4n) is 0.204. The fourth-order valence-corrected chi connectivity index (χ4v) is 0.204. The van der Waals surface area contributed by atoms with Crippen LogP contribution in [0.4, 0.5) is 9.41 Å². The zero-order chi connectivity index (χ0) is 4.12. The van der Waals surface area contributed by atoms with Crippen LogP contribution in [0.1, 0.15) is 19.8 Å². The molecule has 0 unspecified atom stereocenters. The third-order valence-electron chi connectivity index (χ3n) is 0.558. The molecule has 0 spiro atoms. The highest BCUT2D eigenvalue weighted by atomic mass is 19.0. The van der Waals surface area contributed by atoms with E-state index in [4.69, 9.17) is 5.73 Å². The predicted molar refractivity (Wildman–Crippen MR) is 29.0 cm³/mol. The lowest BCUT2D eigenvalue weighted by Gasteiger charge is -1.80. The topological polar surface area (TPSA) is 26.0 Å². The van der Waals surface area contributed by atoms with Gasteiger partial charge in [-0.15, -0.1) is 0 Å². The number of nitrogens with two attached hydrogens (primary N) is 1. The summed E-state index contributed by atoms with van der Waals surface area (Å²) in [5.41, 5.74) is 5.14. The van der Waals surface area contributed by atoms with Crippen molar-refractivity contribution in [2.24, 2.45) is 5.73 Å². The van der Waals surface area contributed by atoms with Crippen LogP contribution in [0, 0.1) is 0 Å². The predicted octanol–water partition coefficient (Wildman–Crippen LogP) is 1.05. The van der Waals surface area contributed by atoms with Gasteiger partial charge in [0, 0.05) is 0 Å². The Labute approximate surface area is 42.6 Å². The molecule has 0 aromatic rings. The molecule has 48 valence electrons. The second-order valence-corrected chi connectivity index (χ2v) is 1.14. The summed E-state index contributed by atoms with van der Waals surface area (Å²) < 4.78 is 0. The van der Waals surface area contributed by atoms with Gasteiger partial charge in [0.2, 0.25) is 0 Å². The van der Waals surface area contributed by atoms with Crippen LogP contribution in [-0.4, -0.2) is 6.54 Å². The monoisotopic (exact) mass is 113 g/mol. The number of rotatable bonds is 2. The van der Waals surface area contributed by atoms with Crippen molar-refractivity contribution in [3.8, 4) is 0 Å². The van der Waals surface area contributed by atoms with Gasteiger partial charge in [0.1, 0.15) is 0 Å². The van der Waals surface area contributed by atoms with Crippen LogP contribution in [0.2, 0.25) is 0 Å². The van der Waals surface area contributed by atoms with Crippen LogP contribution in [0.25, 0.3) is 0 Å². The van der Waals surface area contributed by atoms with Crippen molar-refractivity contribution in [2.75, 3.05) is 6.54 Å². The van der Waals surface area contributed by atoms with Gasteiger partial charge in [0.05, 0.1) is 0 Å². The Balaban J connectivity index is -0.0000000800. The molecule has 1 nitrogen and oxygen atoms in total. The molecule has 0 saturated carbocycles. The molecule has 0 bridgehead atoms. The van der Waals surface area contributed by atoms with Crippen molar-refractivity contribution in [1.82, 2.24) is 0 Å². The highest BCUT2D eigenvalue weighted by Crippen LogP contribution is 1.77. The molecule has 0 rings (SSSR count). The molecule has 0 aliphatic heterocycles. The summed E-state index contributed by atoms with van der Waals surface area (Å²) in [6, 6.07) is 0. The average molecular weight is 113 g/mol. The number of unbranched alkanes of at least 4 members (excludes halogenated alkanes) is 1. The van der Waals surface area contributed by atoms with Gasteiger partial charge in [0.15, 0.2) is 0 Å². The Kier molecular flexibility index (Phi) is 38.5. The van der Waals surface area contributed by atoms with Crippen LogP contribution < -0.4 is 5.73 Å². The molecule has 0 aromatic carbocycles. The van der Waals surface area contributed by atoms with E-state index in [9.17, 15) is 0 Å². The van der Waals surface area contributed by atoms with E-state index in [1.807, 2.05) is 0 Å². The van der Waals surface area contributed by atoms with E-state index >= 15 is 0 Å². The average Bonchev–Trinajstić information content (AvgIpc) is 1.41.